The molecule has 124 valence electrons. The number of rotatable bonds is 6. The summed E-state index contributed by atoms with van der Waals surface area (Å²) in [7, 11) is 0. The van der Waals surface area contributed by atoms with Gasteiger partial charge >= 0.3 is 5.97 Å². The van der Waals surface area contributed by atoms with Gasteiger partial charge in [-0.25, -0.2) is 4.79 Å². The van der Waals surface area contributed by atoms with Crippen LogP contribution < -0.4 is 5.32 Å². The Hall–Kier alpha value is -3.22. The zero-order chi connectivity index (χ0) is 18.1. The van der Waals surface area contributed by atoms with Crippen molar-refractivity contribution in [2.24, 2.45) is 0 Å². The summed E-state index contributed by atoms with van der Waals surface area (Å²) in [5.41, 5.74) is 0.842. The largest absolute Gasteiger partial charge is 0.452 e. The third-order valence-electron chi connectivity index (χ3n) is 3.06. The number of esters is 1. The number of nitrogens with one attached hydrogen (secondary N) is 1. The summed E-state index contributed by atoms with van der Waals surface area (Å²) >= 11 is 1.29. The monoisotopic (exact) mass is 350 g/mol. The summed E-state index contributed by atoms with van der Waals surface area (Å²) in [4.78, 5) is 25.1. The fraction of sp³-hybridized carbons (Fsp3) is 0.105. The van der Waals surface area contributed by atoms with E-state index in [1.807, 2.05) is 6.07 Å². The molecule has 0 fully saturated rings. The van der Waals surface area contributed by atoms with Crippen LogP contribution in [0.4, 0.5) is 0 Å². The van der Waals surface area contributed by atoms with E-state index in [4.69, 9.17) is 11.2 Å². The average molecular weight is 350 g/mol. The number of hydrogen-bond donors (Lipinski definition) is 1. The number of carbonyl (C=O) groups excluding carboxylic acids is 2. The van der Waals surface area contributed by atoms with E-state index in [0.717, 1.165) is 4.90 Å². The second-order valence-corrected chi connectivity index (χ2v) is 5.85. The summed E-state index contributed by atoms with van der Waals surface area (Å²) in [6.45, 7) is -0.331. The van der Waals surface area contributed by atoms with Crippen molar-refractivity contribution < 1.29 is 14.3 Å². The number of carbonyl (C=O) groups is 2. The molecule has 0 aromatic heterocycles. The zero-order valence-corrected chi connectivity index (χ0v) is 14.0. The second kappa shape index (κ2) is 9.17. The van der Waals surface area contributed by atoms with E-state index in [0.29, 0.717) is 16.0 Å². The molecule has 0 aliphatic carbocycles. The molecule has 0 unspecified atom stereocenters. The van der Waals surface area contributed by atoms with Crippen LogP contribution in [0.5, 0.6) is 0 Å². The Morgan fingerprint density at radius 2 is 1.80 bits per heavy atom. The lowest BCUT2D eigenvalue weighted by atomic mass is 10.2. The molecular formula is C19H14N2O3S. The molecule has 0 bridgehead atoms. The Bertz CT molecular complexity index is 865. The van der Waals surface area contributed by atoms with Crippen LogP contribution in [0.1, 0.15) is 15.9 Å². The number of nitriles is 1. The third-order valence-corrected chi connectivity index (χ3v) is 4.21. The minimum Gasteiger partial charge on any atom is -0.452 e. The van der Waals surface area contributed by atoms with Crippen molar-refractivity contribution in [3.05, 3.63) is 59.7 Å². The molecule has 0 spiro atoms. The first-order chi connectivity index (χ1) is 12.2. The third kappa shape index (κ3) is 5.13. The van der Waals surface area contributed by atoms with Crippen molar-refractivity contribution in [1.82, 2.24) is 5.32 Å². The smallest absolute Gasteiger partial charge is 0.339 e. The standard InChI is InChI=1S/C19H14N2O3S/c1-2-11-21-18(22)13-24-19(23)15-8-4-6-10-17(15)25-16-9-5-3-7-14(16)12-20/h1,3-10H,11,13H2,(H,21,22). The van der Waals surface area contributed by atoms with Gasteiger partial charge in [-0.1, -0.05) is 41.9 Å². The maximum atomic E-state index is 12.3. The van der Waals surface area contributed by atoms with Crippen LogP contribution in [0.25, 0.3) is 0 Å². The van der Waals surface area contributed by atoms with Crippen LogP contribution in [0.15, 0.2) is 58.3 Å². The first kappa shape index (κ1) is 18.1. The molecule has 0 atom stereocenters. The Balaban J connectivity index is 2.12. The summed E-state index contributed by atoms with van der Waals surface area (Å²) in [6.07, 6.45) is 5.04. The summed E-state index contributed by atoms with van der Waals surface area (Å²) < 4.78 is 5.02. The lowest BCUT2D eigenvalue weighted by molar-refractivity contribution is -0.123. The molecule has 0 heterocycles. The van der Waals surface area contributed by atoms with Gasteiger partial charge in [-0.15, -0.1) is 6.42 Å². The van der Waals surface area contributed by atoms with Crippen molar-refractivity contribution in [3.8, 4) is 18.4 Å². The number of ether oxygens (including phenoxy) is 1. The molecule has 1 amide bonds. The van der Waals surface area contributed by atoms with E-state index < -0.39 is 18.5 Å². The molecule has 1 N–H and O–H groups in total. The summed E-state index contributed by atoms with van der Waals surface area (Å²) in [5.74, 6) is 1.18. The van der Waals surface area contributed by atoms with Gasteiger partial charge in [0.1, 0.15) is 6.07 Å². The predicted molar refractivity (Wildman–Crippen MR) is 93.8 cm³/mol. The summed E-state index contributed by atoms with van der Waals surface area (Å²) in [5, 5.41) is 11.6. The highest BCUT2D eigenvalue weighted by Crippen LogP contribution is 2.32. The highest BCUT2D eigenvalue weighted by Gasteiger charge is 2.15. The molecule has 25 heavy (non-hydrogen) atoms. The fourth-order valence-corrected chi connectivity index (χ4v) is 2.92. The average Bonchev–Trinajstić information content (AvgIpc) is 2.65. The molecule has 5 nitrogen and oxygen atoms in total. The van der Waals surface area contributed by atoms with Gasteiger partial charge in [0.15, 0.2) is 6.61 Å². The van der Waals surface area contributed by atoms with Gasteiger partial charge in [0.2, 0.25) is 0 Å². The molecule has 0 saturated heterocycles. The van der Waals surface area contributed by atoms with Gasteiger partial charge in [-0.05, 0) is 24.3 Å². The van der Waals surface area contributed by atoms with Crippen LogP contribution in [0, 0.1) is 23.7 Å². The Labute approximate surface area is 150 Å². The lowest BCUT2D eigenvalue weighted by Crippen LogP contribution is -2.29. The number of nitrogens with zero attached hydrogens (tertiary/aromatic N) is 1. The van der Waals surface area contributed by atoms with Crippen LogP contribution in [-0.4, -0.2) is 25.0 Å². The molecule has 0 radical (unpaired) electrons. The van der Waals surface area contributed by atoms with Crippen LogP contribution in [-0.2, 0) is 9.53 Å². The van der Waals surface area contributed by atoms with Crippen molar-refractivity contribution in [2.75, 3.05) is 13.2 Å². The normalized spacial score (nSPS) is 9.52. The maximum Gasteiger partial charge on any atom is 0.339 e. The van der Waals surface area contributed by atoms with E-state index in [9.17, 15) is 14.9 Å². The van der Waals surface area contributed by atoms with Gasteiger partial charge in [0.25, 0.3) is 5.91 Å². The van der Waals surface area contributed by atoms with Crippen molar-refractivity contribution in [2.45, 2.75) is 9.79 Å². The predicted octanol–water partition coefficient (Wildman–Crippen LogP) is 2.62. The lowest BCUT2D eigenvalue weighted by Gasteiger charge is -2.10. The van der Waals surface area contributed by atoms with Gasteiger partial charge in [-0.2, -0.15) is 5.26 Å². The molecule has 0 saturated carbocycles. The Morgan fingerprint density at radius 1 is 1.12 bits per heavy atom. The highest BCUT2D eigenvalue weighted by atomic mass is 32.2. The van der Waals surface area contributed by atoms with E-state index >= 15 is 0 Å². The first-order valence-corrected chi connectivity index (χ1v) is 8.10. The van der Waals surface area contributed by atoms with Gasteiger partial charge < -0.3 is 10.1 Å². The molecule has 2 rings (SSSR count). The number of benzene rings is 2. The minimum atomic E-state index is -0.617. The van der Waals surface area contributed by atoms with Crippen LogP contribution in [0.2, 0.25) is 0 Å². The zero-order valence-electron chi connectivity index (χ0n) is 13.2. The minimum absolute atomic E-state index is 0.0771. The molecule has 6 heteroatoms. The quantitative estimate of drug-likeness (QED) is 0.640. The second-order valence-electron chi connectivity index (χ2n) is 4.76. The number of amides is 1. The van der Waals surface area contributed by atoms with E-state index in [-0.39, 0.29) is 6.54 Å². The summed E-state index contributed by atoms with van der Waals surface area (Å²) in [6, 6.07) is 16.1. The van der Waals surface area contributed by atoms with Crippen molar-refractivity contribution in [1.29, 1.82) is 5.26 Å². The van der Waals surface area contributed by atoms with E-state index in [1.54, 1.807) is 42.5 Å². The topological polar surface area (TPSA) is 79.2 Å². The first-order valence-electron chi connectivity index (χ1n) is 7.29. The molecule has 0 aliphatic heterocycles. The van der Waals surface area contributed by atoms with Crippen LogP contribution in [0.3, 0.4) is 0 Å². The number of hydrogen-bond acceptors (Lipinski definition) is 5. The highest BCUT2D eigenvalue weighted by molar-refractivity contribution is 7.99. The SMILES string of the molecule is C#CCNC(=O)COC(=O)c1ccccc1Sc1ccccc1C#N. The van der Waals surface area contributed by atoms with Gasteiger partial charge in [0.05, 0.1) is 17.7 Å². The van der Waals surface area contributed by atoms with E-state index in [2.05, 4.69) is 17.3 Å². The Kier molecular flexibility index (Phi) is 6.65. The maximum absolute atomic E-state index is 12.3. The fourth-order valence-electron chi connectivity index (χ4n) is 1.90. The molecule has 2 aromatic rings. The van der Waals surface area contributed by atoms with E-state index in [1.165, 1.54) is 11.8 Å². The molecule has 0 aliphatic rings. The number of terminal acetylenes is 1. The van der Waals surface area contributed by atoms with Crippen molar-refractivity contribution >= 4 is 23.6 Å². The molecular weight excluding hydrogens is 336 g/mol. The Morgan fingerprint density at radius 3 is 2.52 bits per heavy atom. The van der Waals surface area contributed by atoms with Crippen molar-refractivity contribution in [3.63, 3.8) is 0 Å². The van der Waals surface area contributed by atoms with Gasteiger partial charge in [-0.3, -0.25) is 4.79 Å². The van der Waals surface area contributed by atoms with Gasteiger partial charge in [0, 0.05) is 9.79 Å². The van der Waals surface area contributed by atoms with Crippen LogP contribution >= 0.6 is 11.8 Å². The molecule has 2 aromatic carbocycles.